The quantitative estimate of drug-likeness (QED) is 0.769. The fraction of sp³-hybridized carbons (Fsp3) is 0.636. The third-order valence-electron chi connectivity index (χ3n) is 2.33. The van der Waals surface area contributed by atoms with Gasteiger partial charge < -0.3 is 10.6 Å². The van der Waals surface area contributed by atoms with Crippen LogP contribution >= 0.6 is 0 Å². The van der Waals surface area contributed by atoms with E-state index in [4.69, 9.17) is 0 Å². The van der Waals surface area contributed by atoms with Crippen LogP contribution in [0, 0.1) is 0 Å². The average molecular weight is 256 g/mol. The largest absolute Gasteiger partial charge is 0.370 e. The van der Waals surface area contributed by atoms with E-state index >= 15 is 0 Å². The van der Waals surface area contributed by atoms with E-state index in [1.54, 1.807) is 12.6 Å². The fourth-order valence-electron chi connectivity index (χ4n) is 1.53. The Bertz CT molecular complexity index is 384. The Kier molecular flexibility index (Phi) is 5.90. The number of rotatable bonds is 7. The summed E-state index contributed by atoms with van der Waals surface area (Å²) in [5.41, 5.74) is 1.08. The predicted octanol–water partition coefficient (Wildman–Crippen LogP) is 1.26. The molecule has 5 nitrogen and oxygen atoms in total. The summed E-state index contributed by atoms with van der Waals surface area (Å²) in [7, 11) is -0.778. The van der Waals surface area contributed by atoms with Gasteiger partial charge in [-0.25, -0.2) is 9.97 Å². The molecule has 0 spiro atoms. The molecule has 0 aliphatic rings. The minimum Gasteiger partial charge on any atom is -0.370 e. The molecular weight excluding hydrogens is 236 g/mol. The lowest BCUT2D eigenvalue weighted by Crippen LogP contribution is -2.14. The van der Waals surface area contributed by atoms with Gasteiger partial charge in [-0.2, -0.15) is 0 Å². The van der Waals surface area contributed by atoms with E-state index in [1.807, 2.05) is 6.92 Å². The highest BCUT2D eigenvalue weighted by Crippen LogP contribution is 2.19. The number of hydrogen-bond acceptors (Lipinski definition) is 5. The van der Waals surface area contributed by atoms with Crippen LogP contribution in [0.25, 0.3) is 0 Å². The standard InChI is InChI=1S/C11H20N4OS/c1-4-9-10(12-5-2)14-8-15-11(9)13-6-7-17(3)16/h8H,4-7H2,1-3H3,(H2,12,13,14,15). The second kappa shape index (κ2) is 7.21. The molecule has 0 aromatic carbocycles. The monoisotopic (exact) mass is 256 g/mol. The van der Waals surface area contributed by atoms with Gasteiger partial charge in [-0.05, 0) is 13.3 Å². The maximum atomic E-state index is 11.0. The van der Waals surface area contributed by atoms with Gasteiger partial charge in [-0.1, -0.05) is 6.92 Å². The minimum absolute atomic E-state index is 0.629. The lowest BCUT2D eigenvalue weighted by molar-refractivity contribution is 0.687. The van der Waals surface area contributed by atoms with Crippen molar-refractivity contribution in [3.8, 4) is 0 Å². The number of nitrogens with zero attached hydrogens (tertiary/aromatic N) is 2. The second-order valence-electron chi connectivity index (χ2n) is 3.64. The van der Waals surface area contributed by atoms with Crippen molar-refractivity contribution in [2.45, 2.75) is 20.3 Å². The van der Waals surface area contributed by atoms with Crippen LogP contribution in [-0.2, 0) is 17.2 Å². The van der Waals surface area contributed by atoms with E-state index in [1.165, 1.54) is 0 Å². The number of nitrogens with one attached hydrogen (secondary N) is 2. The van der Waals surface area contributed by atoms with Crippen LogP contribution in [0.1, 0.15) is 19.4 Å². The minimum atomic E-state index is -0.778. The van der Waals surface area contributed by atoms with Crippen molar-refractivity contribution in [2.24, 2.45) is 0 Å². The van der Waals surface area contributed by atoms with Gasteiger partial charge in [0.2, 0.25) is 0 Å². The van der Waals surface area contributed by atoms with Crippen molar-refractivity contribution in [1.82, 2.24) is 9.97 Å². The predicted molar refractivity (Wildman–Crippen MR) is 73.0 cm³/mol. The SMILES string of the molecule is CCNc1ncnc(NCCS(C)=O)c1CC. The zero-order valence-electron chi connectivity index (χ0n) is 10.6. The summed E-state index contributed by atoms with van der Waals surface area (Å²) in [5.74, 6) is 2.35. The van der Waals surface area contributed by atoms with Gasteiger partial charge in [-0.15, -0.1) is 0 Å². The molecule has 0 fully saturated rings. The molecule has 1 rings (SSSR count). The number of hydrogen-bond donors (Lipinski definition) is 2. The van der Waals surface area contributed by atoms with Crippen molar-refractivity contribution in [3.63, 3.8) is 0 Å². The normalized spacial score (nSPS) is 12.2. The van der Waals surface area contributed by atoms with Gasteiger partial charge in [0.25, 0.3) is 0 Å². The van der Waals surface area contributed by atoms with E-state index in [9.17, 15) is 4.21 Å². The average Bonchev–Trinajstić information content (AvgIpc) is 2.29. The van der Waals surface area contributed by atoms with Gasteiger partial charge >= 0.3 is 0 Å². The summed E-state index contributed by atoms with van der Waals surface area (Å²) in [4.78, 5) is 8.45. The molecule has 1 unspecified atom stereocenters. The molecular formula is C11H20N4OS. The first kappa shape index (κ1) is 13.9. The number of aromatic nitrogens is 2. The molecule has 0 bridgehead atoms. The van der Waals surface area contributed by atoms with Gasteiger partial charge in [0.15, 0.2) is 0 Å². The Morgan fingerprint density at radius 3 is 2.41 bits per heavy atom. The molecule has 2 N–H and O–H groups in total. The second-order valence-corrected chi connectivity index (χ2v) is 5.19. The summed E-state index contributed by atoms with van der Waals surface area (Å²) >= 11 is 0. The van der Waals surface area contributed by atoms with Crippen molar-refractivity contribution in [3.05, 3.63) is 11.9 Å². The maximum absolute atomic E-state index is 11.0. The first-order valence-corrected chi connectivity index (χ1v) is 7.53. The van der Waals surface area contributed by atoms with Crippen LogP contribution in [0.3, 0.4) is 0 Å². The fourth-order valence-corrected chi connectivity index (χ4v) is 1.92. The first-order valence-electron chi connectivity index (χ1n) is 5.80. The summed E-state index contributed by atoms with van der Waals surface area (Å²) in [6, 6.07) is 0. The van der Waals surface area contributed by atoms with Crippen LogP contribution in [0.4, 0.5) is 11.6 Å². The first-order chi connectivity index (χ1) is 8.19. The van der Waals surface area contributed by atoms with Gasteiger partial charge in [0, 0.05) is 41.5 Å². The highest BCUT2D eigenvalue weighted by molar-refractivity contribution is 7.84. The van der Waals surface area contributed by atoms with E-state index in [2.05, 4.69) is 27.5 Å². The Morgan fingerprint density at radius 1 is 1.24 bits per heavy atom. The molecule has 96 valence electrons. The molecule has 1 aromatic rings. The number of anilines is 2. The van der Waals surface area contributed by atoms with E-state index in [0.29, 0.717) is 12.3 Å². The highest BCUT2D eigenvalue weighted by atomic mass is 32.2. The van der Waals surface area contributed by atoms with Crippen molar-refractivity contribution >= 4 is 22.4 Å². The molecule has 0 saturated heterocycles. The van der Waals surface area contributed by atoms with Gasteiger partial charge in [0.05, 0.1) is 0 Å². The summed E-state index contributed by atoms with van der Waals surface area (Å²) in [6.45, 7) is 5.61. The van der Waals surface area contributed by atoms with Crippen molar-refractivity contribution < 1.29 is 4.21 Å². The van der Waals surface area contributed by atoms with E-state index in [-0.39, 0.29) is 0 Å². The van der Waals surface area contributed by atoms with Crippen molar-refractivity contribution in [1.29, 1.82) is 0 Å². The lowest BCUT2D eigenvalue weighted by atomic mass is 10.2. The topological polar surface area (TPSA) is 66.9 Å². The van der Waals surface area contributed by atoms with Crippen molar-refractivity contribution in [2.75, 3.05) is 35.7 Å². The molecule has 1 atom stereocenters. The molecule has 0 radical (unpaired) electrons. The molecule has 0 saturated carbocycles. The smallest absolute Gasteiger partial charge is 0.134 e. The zero-order chi connectivity index (χ0) is 12.7. The summed E-state index contributed by atoms with van der Waals surface area (Å²) < 4.78 is 11.0. The zero-order valence-corrected chi connectivity index (χ0v) is 11.4. The summed E-state index contributed by atoms with van der Waals surface area (Å²) in [5, 5.41) is 6.43. The molecule has 1 heterocycles. The van der Waals surface area contributed by atoms with Crippen LogP contribution < -0.4 is 10.6 Å². The molecule has 1 aromatic heterocycles. The molecule has 6 heteroatoms. The lowest BCUT2D eigenvalue weighted by Gasteiger charge is -2.13. The van der Waals surface area contributed by atoms with Crippen LogP contribution in [-0.4, -0.2) is 39.3 Å². The third kappa shape index (κ3) is 4.30. The molecule has 0 amide bonds. The van der Waals surface area contributed by atoms with Gasteiger partial charge in [-0.3, -0.25) is 4.21 Å². The Morgan fingerprint density at radius 2 is 1.88 bits per heavy atom. The Hall–Kier alpha value is -1.17. The van der Waals surface area contributed by atoms with Crippen LogP contribution in [0.2, 0.25) is 0 Å². The van der Waals surface area contributed by atoms with E-state index < -0.39 is 10.8 Å². The third-order valence-corrected chi connectivity index (χ3v) is 3.10. The Labute approximate surface area is 105 Å². The molecule has 0 aliphatic carbocycles. The van der Waals surface area contributed by atoms with E-state index in [0.717, 1.165) is 30.2 Å². The maximum Gasteiger partial charge on any atom is 0.134 e. The van der Waals surface area contributed by atoms with Gasteiger partial charge in [0.1, 0.15) is 18.0 Å². The molecule has 0 aliphatic heterocycles. The highest BCUT2D eigenvalue weighted by Gasteiger charge is 2.08. The van der Waals surface area contributed by atoms with Crippen LogP contribution in [0.15, 0.2) is 6.33 Å². The Balaban J connectivity index is 2.76. The molecule has 17 heavy (non-hydrogen) atoms. The summed E-state index contributed by atoms with van der Waals surface area (Å²) in [6.07, 6.45) is 4.11. The van der Waals surface area contributed by atoms with Crippen LogP contribution in [0.5, 0.6) is 0 Å².